The quantitative estimate of drug-likeness (QED) is 0.812. The number of anilines is 1. The Morgan fingerprint density at radius 3 is 2.79 bits per heavy atom. The molecule has 0 fully saturated rings. The van der Waals surface area contributed by atoms with Crippen LogP contribution < -0.4 is 5.73 Å². The standard InChI is InChI=1S/C14H22N4O/c1-4-5-7-19-8-6-18-11(3)10(2)12-13(15)16-9-17-14(12)18/h9H,4-8H2,1-3H3,(H2,15,16,17). The number of nitrogens with zero attached hydrogens (tertiary/aromatic N) is 3. The van der Waals surface area contributed by atoms with Gasteiger partial charge in [-0.15, -0.1) is 0 Å². The maximum Gasteiger partial charge on any atom is 0.146 e. The smallest absolute Gasteiger partial charge is 0.146 e. The molecule has 0 atom stereocenters. The maximum atomic E-state index is 5.94. The Balaban J connectivity index is 2.19. The third kappa shape index (κ3) is 2.71. The van der Waals surface area contributed by atoms with Gasteiger partial charge in [-0.25, -0.2) is 9.97 Å². The van der Waals surface area contributed by atoms with Crippen LogP contribution in [0.4, 0.5) is 5.82 Å². The molecule has 2 heterocycles. The molecule has 0 saturated carbocycles. The van der Waals surface area contributed by atoms with Gasteiger partial charge in [-0.05, 0) is 25.8 Å². The van der Waals surface area contributed by atoms with Gasteiger partial charge in [-0.3, -0.25) is 0 Å². The lowest BCUT2D eigenvalue weighted by Crippen LogP contribution is -2.09. The van der Waals surface area contributed by atoms with Crippen LogP contribution in [-0.2, 0) is 11.3 Å². The van der Waals surface area contributed by atoms with Crippen molar-refractivity contribution in [3.63, 3.8) is 0 Å². The number of nitrogen functional groups attached to an aromatic ring is 1. The number of aryl methyl sites for hydroxylation is 1. The predicted molar refractivity (Wildman–Crippen MR) is 77.1 cm³/mol. The zero-order valence-electron chi connectivity index (χ0n) is 11.9. The number of rotatable bonds is 6. The molecular formula is C14H22N4O. The molecule has 2 rings (SSSR count). The van der Waals surface area contributed by atoms with E-state index in [1.165, 1.54) is 12.0 Å². The van der Waals surface area contributed by atoms with Crippen molar-refractivity contribution in [3.05, 3.63) is 17.6 Å². The largest absolute Gasteiger partial charge is 0.383 e. The molecule has 5 nitrogen and oxygen atoms in total. The minimum absolute atomic E-state index is 0.552. The second kappa shape index (κ2) is 6.02. The van der Waals surface area contributed by atoms with E-state index < -0.39 is 0 Å². The summed E-state index contributed by atoms with van der Waals surface area (Å²) in [7, 11) is 0. The van der Waals surface area contributed by atoms with Gasteiger partial charge in [0.05, 0.1) is 12.0 Å². The molecule has 0 aromatic carbocycles. The van der Waals surface area contributed by atoms with Gasteiger partial charge in [0.2, 0.25) is 0 Å². The Labute approximate surface area is 113 Å². The first-order valence-electron chi connectivity index (χ1n) is 6.80. The summed E-state index contributed by atoms with van der Waals surface area (Å²) >= 11 is 0. The van der Waals surface area contributed by atoms with Gasteiger partial charge in [0.25, 0.3) is 0 Å². The van der Waals surface area contributed by atoms with Crippen LogP contribution in [0.2, 0.25) is 0 Å². The summed E-state index contributed by atoms with van der Waals surface area (Å²) < 4.78 is 7.79. The number of ether oxygens (including phenoxy) is 1. The van der Waals surface area contributed by atoms with Gasteiger partial charge in [-0.1, -0.05) is 13.3 Å². The van der Waals surface area contributed by atoms with E-state index in [1.807, 2.05) is 0 Å². The van der Waals surface area contributed by atoms with Crippen molar-refractivity contribution in [1.29, 1.82) is 0 Å². The highest BCUT2D eigenvalue weighted by molar-refractivity contribution is 5.90. The molecule has 0 amide bonds. The van der Waals surface area contributed by atoms with Crippen LogP contribution in [-0.4, -0.2) is 27.7 Å². The SMILES string of the molecule is CCCCOCCn1c(C)c(C)c2c(N)ncnc21. The lowest BCUT2D eigenvalue weighted by molar-refractivity contribution is 0.124. The zero-order chi connectivity index (χ0) is 13.8. The highest BCUT2D eigenvalue weighted by Gasteiger charge is 2.14. The second-order valence-corrected chi connectivity index (χ2v) is 4.79. The molecule has 0 unspecified atom stereocenters. The van der Waals surface area contributed by atoms with Crippen LogP contribution in [0, 0.1) is 13.8 Å². The van der Waals surface area contributed by atoms with E-state index in [4.69, 9.17) is 10.5 Å². The fourth-order valence-corrected chi connectivity index (χ4v) is 2.27. The summed E-state index contributed by atoms with van der Waals surface area (Å²) in [5.41, 5.74) is 9.18. The van der Waals surface area contributed by atoms with E-state index in [2.05, 4.69) is 35.3 Å². The van der Waals surface area contributed by atoms with Crippen LogP contribution in [0.1, 0.15) is 31.0 Å². The van der Waals surface area contributed by atoms with Gasteiger partial charge < -0.3 is 15.0 Å². The molecular weight excluding hydrogens is 240 g/mol. The maximum absolute atomic E-state index is 5.94. The van der Waals surface area contributed by atoms with E-state index in [0.717, 1.165) is 42.6 Å². The number of nitrogens with two attached hydrogens (primary N) is 1. The van der Waals surface area contributed by atoms with Crippen LogP contribution in [0.5, 0.6) is 0 Å². The molecule has 5 heteroatoms. The van der Waals surface area contributed by atoms with Crippen LogP contribution in [0.3, 0.4) is 0 Å². The number of fused-ring (bicyclic) bond motifs is 1. The molecule has 0 aliphatic carbocycles. The van der Waals surface area contributed by atoms with Crippen molar-refractivity contribution in [2.45, 2.75) is 40.2 Å². The van der Waals surface area contributed by atoms with Crippen molar-refractivity contribution in [1.82, 2.24) is 14.5 Å². The van der Waals surface area contributed by atoms with Gasteiger partial charge in [0, 0.05) is 18.8 Å². The molecule has 19 heavy (non-hydrogen) atoms. The first-order chi connectivity index (χ1) is 9.16. The fourth-order valence-electron chi connectivity index (χ4n) is 2.27. The second-order valence-electron chi connectivity index (χ2n) is 4.79. The first-order valence-corrected chi connectivity index (χ1v) is 6.80. The molecule has 0 radical (unpaired) electrons. The molecule has 2 aromatic heterocycles. The minimum Gasteiger partial charge on any atom is -0.383 e. The van der Waals surface area contributed by atoms with Gasteiger partial charge >= 0.3 is 0 Å². The van der Waals surface area contributed by atoms with Crippen LogP contribution >= 0.6 is 0 Å². The van der Waals surface area contributed by atoms with Gasteiger partial charge in [0.15, 0.2) is 0 Å². The number of unbranched alkanes of at least 4 members (excludes halogenated alkanes) is 1. The predicted octanol–water partition coefficient (Wildman–Crippen LogP) is 2.45. The number of hydrogen-bond acceptors (Lipinski definition) is 4. The van der Waals surface area contributed by atoms with Crippen molar-refractivity contribution in [2.75, 3.05) is 18.9 Å². The summed E-state index contributed by atoms with van der Waals surface area (Å²) in [5.74, 6) is 0.552. The van der Waals surface area contributed by atoms with Crippen molar-refractivity contribution >= 4 is 16.9 Å². The molecule has 0 aliphatic rings. The molecule has 0 spiro atoms. The van der Waals surface area contributed by atoms with Gasteiger partial charge in [0.1, 0.15) is 17.8 Å². The summed E-state index contributed by atoms with van der Waals surface area (Å²) in [6.45, 7) is 8.64. The Bertz CT molecular complexity index is 562. The Morgan fingerprint density at radius 1 is 1.26 bits per heavy atom. The number of aromatic nitrogens is 3. The molecule has 104 valence electrons. The molecule has 2 aromatic rings. The average molecular weight is 262 g/mol. The Kier molecular flexibility index (Phi) is 4.37. The first kappa shape index (κ1) is 13.8. The van der Waals surface area contributed by atoms with Gasteiger partial charge in [-0.2, -0.15) is 0 Å². The molecule has 2 N–H and O–H groups in total. The summed E-state index contributed by atoms with van der Waals surface area (Å²) in [5, 5.41) is 0.966. The Morgan fingerprint density at radius 2 is 2.05 bits per heavy atom. The third-order valence-electron chi connectivity index (χ3n) is 3.54. The van der Waals surface area contributed by atoms with Crippen molar-refractivity contribution in [2.24, 2.45) is 0 Å². The lowest BCUT2D eigenvalue weighted by atomic mass is 10.2. The van der Waals surface area contributed by atoms with E-state index in [1.54, 1.807) is 0 Å². The lowest BCUT2D eigenvalue weighted by Gasteiger charge is -2.08. The topological polar surface area (TPSA) is 66.0 Å². The minimum atomic E-state index is 0.552. The number of hydrogen-bond donors (Lipinski definition) is 1. The van der Waals surface area contributed by atoms with E-state index in [0.29, 0.717) is 12.4 Å². The highest BCUT2D eigenvalue weighted by atomic mass is 16.5. The highest BCUT2D eigenvalue weighted by Crippen LogP contribution is 2.26. The summed E-state index contributed by atoms with van der Waals surface area (Å²) in [6.07, 6.45) is 3.79. The van der Waals surface area contributed by atoms with Crippen LogP contribution in [0.25, 0.3) is 11.0 Å². The fraction of sp³-hybridized carbons (Fsp3) is 0.571. The van der Waals surface area contributed by atoms with Crippen molar-refractivity contribution < 1.29 is 4.74 Å². The third-order valence-corrected chi connectivity index (χ3v) is 3.54. The average Bonchev–Trinajstić information content (AvgIpc) is 2.64. The summed E-state index contributed by atoms with van der Waals surface area (Å²) in [6, 6.07) is 0. The molecule has 0 saturated heterocycles. The zero-order valence-corrected chi connectivity index (χ0v) is 11.9. The van der Waals surface area contributed by atoms with E-state index >= 15 is 0 Å². The Hall–Kier alpha value is -1.62. The van der Waals surface area contributed by atoms with Crippen molar-refractivity contribution in [3.8, 4) is 0 Å². The molecule has 0 bridgehead atoms. The van der Waals surface area contributed by atoms with E-state index in [9.17, 15) is 0 Å². The van der Waals surface area contributed by atoms with Crippen LogP contribution in [0.15, 0.2) is 6.33 Å². The molecule has 0 aliphatic heterocycles. The van der Waals surface area contributed by atoms with E-state index in [-0.39, 0.29) is 0 Å². The summed E-state index contributed by atoms with van der Waals surface area (Å²) in [4.78, 5) is 8.42. The normalized spacial score (nSPS) is 11.3. The monoisotopic (exact) mass is 262 g/mol.